The van der Waals surface area contributed by atoms with Crippen LogP contribution >= 0.6 is 0 Å². The van der Waals surface area contributed by atoms with E-state index in [0.29, 0.717) is 12.1 Å². The van der Waals surface area contributed by atoms with Crippen LogP contribution < -0.4 is 4.90 Å². The Labute approximate surface area is 152 Å². The van der Waals surface area contributed by atoms with Gasteiger partial charge < -0.3 is 9.30 Å². The number of fused-ring (bicyclic) bond motifs is 1. The number of aromatic nitrogens is 2. The Morgan fingerprint density at radius 3 is 2.62 bits per heavy atom. The molecule has 0 fully saturated rings. The molecule has 0 aliphatic rings. The number of para-hydroxylation sites is 1. The van der Waals surface area contributed by atoms with E-state index in [2.05, 4.69) is 4.98 Å². The number of hydrogen-bond donors (Lipinski definition) is 0. The van der Waals surface area contributed by atoms with Gasteiger partial charge >= 0.3 is 0 Å². The lowest BCUT2D eigenvalue weighted by Crippen LogP contribution is -2.31. The van der Waals surface area contributed by atoms with Crippen molar-refractivity contribution in [2.45, 2.75) is 13.5 Å². The number of nitrogens with zero attached hydrogens (tertiary/aromatic N) is 3. The van der Waals surface area contributed by atoms with E-state index >= 15 is 0 Å². The summed E-state index contributed by atoms with van der Waals surface area (Å²) in [5.41, 5.74) is 4.45. The fraction of sp³-hybridized carbons (Fsp3) is 0.0909. The SMILES string of the molecule is Cc1cccc(C(=O)N(Cc2cnc3ccccn23)c2ccccc2)c1. The van der Waals surface area contributed by atoms with Gasteiger partial charge in [-0.3, -0.25) is 4.79 Å². The highest BCUT2D eigenvalue weighted by atomic mass is 16.2. The zero-order chi connectivity index (χ0) is 17.9. The number of carbonyl (C=O) groups excluding carboxylic acids is 1. The molecule has 4 nitrogen and oxygen atoms in total. The molecular formula is C22H19N3O. The smallest absolute Gasteiger partial charge is 0.258 e. The van der Waals surface area contributed by atoms with Crippen molar-refractivity contribution in [3.05, 3.63) is 102 Å². The fourth-order valence-corrected chi connectivity index (χ4v) is 3.09. The van der Waals surface area contributed by atoms with E-state index in [9.17, 15) is 4.79 Å². The summed E-state index contributed by atoms with van der Waals surface area (Å²) >= 11 is 0. The number of anilines is 1. The van der Waals surface area contributed by atoms with Gasteiger partial charge in [0.2, 0.25) is 0 Å². The van der Waals surface area contributed by atoms with Crippen LogP contribution in [-0.4, -0.2) is 15.3 Å². The van der Waals surface area contributed by atoms with Gasteiger partial charge in [0.05, 0.1) is 18.4 Å². The average molecular weight is 341 g/mol. The zero-order valence-electron chi connectivity index (χ0n) is 14.5. The van der Waals surface area contributed by atoms with Gasteiger partial charge in [-0.05, 0) is 43.3 Å². The number of hydrogen-bond acceptors (Lipinski definition) is 2. The van der Waals surface area contributed by atoms with E-state index in [1.807, 2.05) is 96.5 Å². The van der Waals surface area contributed by atoms with Gasteiger partial charge in [-0.1, -0.05) is 42.0 Å². The molecular weight excluding hydrogens is 322 g/mol. The Kier molecular flexibility index (Phi) is 4.23. The molecule has 128 valence electrons. The van der Waals surface area contributed by atoms with Gasteiger partial charge in [-0.15, -0.1) is 0 Å². The highest BCUT2D eigenvalue weighted by Gasteiger charge is 2.19. The lowest BCUT2D eigenvalue weighted by molar-refractivity contribution is 0.0984. The molecule has 1 amide bonds. The van der Waals surface area contributed by atoms with Gasteiger partial charge in [0, 0.05) is 17.4 Å². The number of imidazole rings is 1. The summed E-state index contributed by atoms with van der Waals surface area (Å²) in [6, 6.07) is 23.3. The Bertz CT molecular complexity index is 1050. The zero-order valence-corrected chi connectivity index (χ0v) is 14.5. The molecule has 0 unspecified atom stereocenters. The van der Waals surface area contributed by atoms with Crippen LogP contribution in [0.1, 0.15) is 21.6 Å². The molecule has 2 aromatic heterocycles. The fourth-order valence-electron chi connectivity index (χ4n) is 3.09. The first-order valence-electron chi connectivity index (χ1n) is 8.57. The normalized spacial score (nSPS) is 10.8. The summed E-state index contributed by atoms with van der Waals surface area (Å²) in [5.74, 6) is -0.0224. The summed E-state index contributed by atoms with van der Waals surface area (Å²) in [5, 5.41) is 0. The quantitative estimate of drug-likeness (QED) is 0.548. The molecule has 0 radical (unpaired) electrons. The number of rotatable bonds is 4. The van der Waals surface area contributed by atoms with Crippen molar-refractivity contribution in [2.75, 3.05) is 4.90 Å². The van der Waals surface area contributed by atoms with Crippen LogP contribution in [0.4, 0.5) is 5.69 Å². The second-order valence-corrected chi connectivity index (χ2v) is 6.27. The largest absolute Gasteiger partial charge is 0.302 e. The summed E-state index contributed by atoms with van der Waals surface area (Å²) < 4.78 is 2.01. The maximum absolute atomic E-state index is 13.3. The van der Waals surface area contributed by atoms with E-state index in [0.717, 1.165) is 22.6 Å². The van der Waals surface area contributed by atoms with Crippen LogP contribution in [0.3, 0.4) is 0 Å². The maximum Gasteiger partial charge on any atom is 0.258 e. The maximum atomic E-state index is 13.3. The van der Waals surface area contributed by atoms with Crippen LogP contribution in [0.25, 0.3) is 5.65 Å². The summed E-state index contributed by atoms with van der Waals surface area (Å²) in [6.45, 7) is 2.44. The minimum atomic E-state index is -0.0224. The van der Waals surface area contributed by atoms with Crippen molar-refractivity contribution in [1.82, 2.24) is 9.38 Å². The highest BCUT2D eigenvalue weighted by molar-refractivity contribution is 6.06. The molecule has 2 aromatic carbocycles. The van der Waals surface area contributed by atoms with Crippen molar-refractivity contribution in [3.63, 3.8) is 0 Å². The molecule has 26 heavy (non-hydrogen) atoms. The van der Waals surface area contributed by atoms with Gasteiger partial charge in [-0.25, -0.2) is 4.98 Å². The second-order valence-electron chi connectivity index (χ2n) is 6.27. The Balaban J connectivity index is 1.75. The molecule has 4 rings (SSSR count). The van der Waals surface area contributed by atoms with Crippen molar-refractivity contribution in [1.29, 1.82) is 0 Å². The minimum absolute atomic E-state index is 0.0224. The van der Waals surface area contributed by atoms with Gasteiger partial charge in [-0.2, -0.15) is 0 Å². The van der Waals surface area contributed by atoms with Gasteiger partial charge in [0.1, 0.15) is 5.65 Å². The van der Waals surface area contributed by atoms with Crippen LogP contribution in [0.15, 0.2) is 85.2 Å². The number of carbonyl (C=O) groups is 1. The van der Waals surface area contributed by atoms with Crippen LogP contribution in [0.2, 0.25) is 0 Å². The van der Waals surface area contributed by atoms with E-state index in [4.69, 9.17) is 0 Å². The minimum Gasteiger partial charge on any atom is -0.302 e. The molecule has 0 bridgehead atoms. The first-order valence-corrected chi connectivity index (χ1v) is 8.57. The van der Waals surface area contributed by atoms with Crippen molar-refractivity contribution >= 4 is 17.2 Å². The lowest BCUT2D eigenvalue weighted by atomic mass is 10.1. The summed E-state index contributed by atoms with van der Waals surface area (Å²) in [7, 11) is 0. The second kappa shape index (κ2) is 6.84. The first kappa shape index (κ1) is 16.1. The molecule has 0 aliphatic heterocycles. The van der Waals surface area contributed by atoms with Crippen LogP contribution in [0.5, 0.6) is 0 Å². The third kappa shape index (κ3) is 3.09. The Morgan fingerprint density at radius 1 is 1.00 bits per heavy atom. The van der Waals surface area contributed by atoms with E-state index in [-0.39, 0.29) is 5.91 Å². The summed E-state index contributed by atoms with van der Waals surface area (Å²) in [4.78, 5) is 19.5. The lowest BCUT2D eigenvalue weighted by Gasteiger charge is -2.23. The summed E-state index contributed by atoms with van der Waals surface area (Å²) in [6.07, 6.45) is 3.80. The third-order valence-electron chi connectivity index (χ3n) is 4.39. The Hall–Kier alpha value is -3.40. The van der Waals surface area contributed by atoms with E-state index in [1.165, 1.54) is 0 Å². The van der Waals surface area contributed by atoms with E-state index in [1.54, 1.807) is 4.90 Å². The number of amides is 1. The molecule has 2 heterocycles. The predicted octanol–water partition coefficient (Wildman–Crippen LogP) is 4.49. The van der Waals surface area contributed by atoms with Crippen LogP contribution in [0, 0.1) is 6.92 Å². The highest BCUT2D eigenvalue weighted by Crippen LogP contribution is 2.21. The third-order valence-corrected chi connectivity index (χ3v) is 4.39. The molecule has 4 heteroatoms. The molecule has 0 saturated heterocycles. The predicted molar refractivity (Wildman–Crippen MR) is 103 cm³/mol. The molecule has 4 aromatic rings. The van der Waals surface area contributed by atoms with Crippen molar-refractivity contribution in [3.8, 4) is 0 Å². The molecule has 0 N–H and O–H groups in total. The van der Waals surface area contributed by atoms with Gasteiger partial charge in [0.15, 0.2) is 0 Å². The Morgan fingerprint density at radius 2 is 1.81 bits per heavy atom. The van der Waals surface area contributed by atoms with Crippen molar-refractivity contribution in [2.24, 2.45) is 0 Å². The molecule has 0 atom stereocenters. The van der Waals surface area contributed by atoms with Gasteiger partial charge in [0.25, 0.3) is 5.91 Å². The van der Waals surface area contributed by atoms with E-state index < -0.39 is 0 Å². The standard InChI is InChI=1S/C22H19N3O/c1-17-8-7-9-18(14-17)22(26)25(19-10-3-2-4-11-19)16-20-15-23-21-12-5-6-13-24(20)21/h2-15H,16H2,1H3. The molecule has 0 saturated carbocycles. The van der Waals surface area contributed by atoms with Crippen molar-refractivity contribution < 1.29 is 4.79 Å². The molecule has 0 aliphatic carbocycles. The topological polar surface area (TPSA) is 37.6 Å². The molecule has 0 spiro atoms. The number of benzene rings is 2. The number of aryl methyl sites for hydroxylation is 1. The average Bonchev–Trinajstić information content (AvgIpc) is 3.09. The monoisotopic (exact) mass is 341 g/mol. The number of pyridine rings is 1. The first-order chi connectivity index (χ1) is 12.7. The van der Waals surface area contributed by atoms with Crippen LogP contribution in [-0.2, 0) is 6.54 Å².